The second-order valence-corrected chi connectivity index (χ2v) is 8.42. The van der Waals surface area contributed by atoms with E-state index in [9.17, 15) is 9.18 Å². The molecule has 2 heterocycles. The van der Waals surface area contributed by atoms with Gasteiger partial charge in [0.1, 0.15) is 5.82 Å². The van der Waals surface area contributed by atoms with E-state index in [-0.39, 0.29) is 11.7 Å². The fourth-order valence-electron chi connectivity index (χ4n) is 2.64. The minimum atomic E-state index is -0.427. The molecule has 4 rings (SSSR count). The van der Waals surface area contributed by atoms with Crippen LogP contribution < -0.4 is 5.32 Å². The molecule has 1 amide bonds. The average molecular weight is 414 g/mol. The molecular formula is C19H16FN5OS2. The Kier molecular flexibility index (Phi) is 5.10. The summed E-state index contributed by atoms with van der Waals surface area (Å²) in [5.74, 6) is -0.130. The van der Waals surface area contributed by atoms with Gasteiger partial charge in [-0.1, -0.05) is 47.4 Å². The molecule has 2 aromatic heterocycles. The van der Waals surface area contributed by atoms with Crippen molar-refractivity contribution < 1.29 is 9.18 Å². The normalized spacial score (nSPS) is 12.2. The molecule has 28 heavy (non-hydrogen) atoms. The Balaban J connectivity index is 1.48. The van der Waals surface area contributed by atoms with E-state index in [0.29, 0.717) is 21.7 Å². The van der Waals surface area contributed by atoms with E-state index in [0.717, 1.165) is 10.2 Å². The van der Waals surface area contributed by atoms with Crippen molar-refractivity contribution in [3.05, 3.63) is 54.3 Å². The first-order chi connectivity index (χ1) is 13.5. The molecule has 1 unspecified atom stereocenters. The number of halogens is 1. The van der Waals surface area contributed by atoms with Gasteiger partial charge in [0.2, 0.25) is 5.91 Å². The third-order valence-corrected chi connectivity index (χ3v) is 6.21. The van der Waals surface area contributed by atoms with E-state index < -0.39 is 5.25 Å². The summed E-state index contributed by atoms with van der Waals surface area (Å²) in [5, 5.41) is 11.7. The summed E-state index contributed by atoms with van der Waals surface area (Å²) in [5.41, 5.74) is 1.22. The molecule has 0 aliphatic heterocycles. The predicted octanol–water partition coefficient (Wildman–Crippen LogP) is 4.35. The van der Waals surface area contributed by atoms with Crippen molar-refractivity contribution in [2.75, 3.05) is 5.32 Å². The molecular weight excluding hydrogens is 397 g/mol. The molecule has 4 aromatic rings. The van der Waals surface area contributed by atoms with Gasteiger partial charge in [0.15, 0.2) is 16.1 Å². The van der Waals surface area contributed by atoms with Crippen LogP contribution in [0, 0.1) is 5.82 Å². The number of benzene rings is 2. The van der Waals surface area contributed by atoms with Crippen LogP contribution in [0.2, 0.25) is 0 Å². The molecule has 0 saturated heterocycles. The number of anilines is 1. The summed E-state index contributed by atoms with van der Waals surface area (Å²) >= 11 is 2.69. The summed E-state index contributed by atoms with van der Waals surface area (Å²) in [4.78, 5) is 17.0. The zero-order valence-corrected chi connectivity index (χ0v) is 16.7. The maximum absolute atomic E-state index is 14.0. The molecule has 1 N–H and O–H groups in total. The molecule has 0 saturated carbocycles. The maximum atomic E-state index is 14.0. The Bertz CT molecular complexity index is 1120. The number of hydrogen-bond donors (Lipinski definition) is 1. The van der Waals surface area contributed by atoms with Crippen LogP contribution in [0.4, 0.5) is 9.52 Å². The van der Waals surface area contributed by atoms with Crippen LogP contribution in [0.3, 0.4) is 0 Å². The standard InChI is InChI=1S/C19H16FN5OS2/c1-11(17(26)22-18-21-14-9-5-6-10-15(14)28-18)27-19-24-23-16(25(19)2)12-7-3-4-8-13(12)20/h3-11H,1-2H3,(H,21,22,26). The van der Waals surface area contributed by atoms with Crippen molar-refractivity contribution in [2.24, 2.45) is 7.05 Å². The van der Waals surface area contributed by atoms with E-state index in [1.165, 1.54) is 29.2 Å². The minimum absolute atomic E-state index is 0.181. The Morgan fingerprint density at radius 2 is 1.93 bits per heavy atom. The molecule has 0 bridgehead atoms. The molecule has 6 nitrogen and oxygen atoms in total. The SMILES string of the molecule is CC(Sc1nnc(-c2ccccc2F)n1C)C(=O)Nc1nc2ccccc2s1. The second-order valence-electron chi connectivity index (χ2n) is 6.08. The Morgan fingerprint density at radius 1 is 1.18 bits per heavy atom. The highest BCUT2D eigenvalue weighted by atomic mass is 32.2. The Hall–Kier alpha value is -2.78. The number of fused-ring (bicyclic) bond motifs is 1. The fourth-order valence-corrected chi connectivity index (χ4v) is 4.32. The van der Waals surface area contributed by atoms with Crippen molar-refractivity contribution >= 4 is 44.4 Å². The third-order valence-electron chi connectivity index (χ3n) is 4.13. The van der Waals surface area contributed by atoms with E-state index in [1.54, 1.807) is 36.7 Å². The molecule has 0 aliphatic carbocycles. The Morgan fingerprint density at radius 3 is 2.71 bits per heavy atom. The number of para-hydroxylation sites is 1. The van der Waals surface area contributed by atoms with Gasteiger partial charge < -0.3 is 9.88 Å². The molecule has 0 aliphatic rings. The number of nitrogens with zero attached hydrogens (tertiary/aromatic N) is 4. The summed E-state index contributed by atoms with van der Waals surface area (Å²) in [6.45, 7) is 1.78. The molecule has 0 radical (unpaired) electrons. The minimum Gasteiger partial charge on any atom is -0.305 e. The molecule has 0 fully saturated rings. The maximum Gasteiger partial charge on any atom is 0.239 e. The lowest BCUT2D eigenvalue weighted by molar-refractivity contribution is -0.115. The average Bonchev–Trinajstić information content (AvgIpc) is 3.25. The smallest absolute Gasteiger partial charge is 0.239 e. The van der Waals surface area contributed by atoms with Crippen molar-refractivity contribution in [1.82, 2.24) is 19.7 Å². The Labute approximate surface area is 168 Å². The van der Waals surface area contributed by atoms with E-state index in [4.69, 9.17) is 0 Å². The van der Waals surface area contributed by atoms with Crippen molar-refractivity contribution in [3.63, 3.8) is 0 Å². The highest BCUT2D eigenvalue weighted by molar-refractivity contribution is 8.00. The zero-order chi connectivity index (χ0) is 19.7. The molecule has 2 aromatic carbocycles. The van der Waals surface area contributed by atoms with Gasteiger partial charge in [-0.05, 0) is 31.2 Å². The molecule has 1 atom stereocenters. The van der Waals surface area contributed by atoms with Gasteiger partial charge >= 0.3 is 0 Å². The number of amides is 1. The number of aromatic nitrogens is 4. The second kappa shape index (κ2) is 7.69. The topological polar surface area (TPSA) is 72.7 Å². The van der Waals surface area contributed by atoms with Crippen LogP contribution in [0.1, 0.15) is 6.92 Å². The molecule has 0 spiro atoms. The summed E-state index contributed by atoms with van der Waals surface area (Å²) < 4.78 is 16.7. The number of hydrogen-bond acceptors (Lipinski definition) is 6. The first-order valence-corrected chi connectivity index (χ1v) is 10.2. The lowest BCUT2D eigenvalue weighted by Gasteiger charge is -2.10. The van der Waals surface area contributed by atoms with Gasteiger partial charge in [0.05, 0.1) is 21.0 Å². The van der Waals surface area contributed by atoms with E-state index >= 15 is 0 Å². The van der Waals surface area contributed by atoms with Crippen LogP contribution in [-0.2, 0) is 11.8 Å². The van der Waals surface area contributed by atoms with E-state index in [2.05, 4.69) is 20.5 Å². The van der Waals surface area contributed by atoms with Crippen LogP contribution >= 0.6 is 23.1 Å². The van der Waals surface area contributed by atoms with Gasteiger partial charge in [0, 0.05) is 7.05 Å². The van der Waals surface area contributed by atoms with Gasteiger partial charge in [-0.3, -0.25) is 4.79 Å². The van der Waals surface area contributed by atoms with Gasteiger partial charge in [-0.25, -0.2) is 9.37 Å². The predicted molar refractivity (Wildman–Crippen MR) is 110 cm³/mol. The highest BCUT2D eigenvalue weighted by Gasteiger charge is 2.21. The van der Waals surface area contributed by atoms with Crippen molar-refractivity contribution in [3.8, 4) is 11.4 Å². The quantitative estimate of drug-likeness (QED) is 0.493. The number of carbonyl (C=O) groups excluding carboxylic acids is 1. The van der Waals surface area contributed by atoms with Crippen LogP contribution in [-0.4, -0.2) is 30.9 Å². The monoisotopic (exact) mass is 413 g/mol. The summed E-state index contributed by atoms with van der Waals surface area (Å²) in [6.07, 6.45) is 0. The lowest BCUT2D eigenvalue weighted by Crippen LogP contribution is -2.22. The first kappa shape index (κ1) is 18.6. The largest absolute Gasteiger partial charge is 0.305 e. The van der Waals surface area contributed by atoms with Crippen LogP contribution in [0.5, 0.6) is 0 Å². The van der Waals surface area contributed by atoms with Crippen LogP contribution in [0.25, 0.3) is 21.6 Å². The highest BCUT2D eigenvalue weighted by Crippen LogP contribution is 2.29. The zero-order valence-electron chi connectivity index (χ0n) is 15.1. The van der Waals surface area contributed by atoms with Gasteiger partial charge in [0.25, 0.3) is 0 Å². The lowest BCUT2D eigenvalue weighted by atomic mass is 10.2. The number of thiazole rings is 1. The first-order valence-electron chi connectivity index (χ1n) is 8.50. The fraction of sp³-hybridized carbons (Fsp3) is 0.158. The van der Waals surface area contributed by atoms with Crippen molar-refractivity contribution in [1.29, 1.82) is 0 Å². The molecule has 142 valence electrons. The van der Waals surface area contributed by atoms with Crippen molar-refractivity contribution in [2.45, 2.75) is 17.3 Å². The summed E-state index contributed by atoms with van der Waals surface area (Å²) in [6, 6.07) is 14.1. The third kappa shape index (κ3) is 3.63. The van der Waals surface area contributed by atoms with Gasteiger partial charge in [-0.15, -0.1) is 10.2 Å². The number of rotatable bonds is 5. The molecule has 9 heteroatoms. The summed E-state index contributed by atoms with van der Waals surface area (Å²) in [7, 11) is 1.75. The van der Waals surface area contributed by atoms with Gasteiger partial charge in [-0.2, -0.15) is 0 Å². The number of carbonyl (C=O) groups is 1. The van der Waals surface area contributed by atoms with E-state index in [1.807, 2.05) is 24.3 Å². The van der Waals surface area contributed by atoms with Crippen LogP contribution in [0.15, 0.2) is 53.7 Å². The number of nitrogens with one attached hydrogen (secondary N) is 1. The number of thioether (sulfide) groups is 1.